The topological polar surface area (TPSA) is 17.8 Å². The Morgan fingerprint density at radius 3 is 2.68 bits per heavy atom. The third-order valence-corrected chi connectivity index (χ3v) is 4.42. The molecule has 0 aliphatic heterocycles. The zero-order chi connectivity index (χ0) is 14.0. The number of hydrogen-bond acceptors (Lipinski definition) is 1. The molecule has 0 saturated heterocycles. The van der Waals surface area contributed by atoms with E-state index in [1.807, 2.05) is 18.2 Å². The second-order valence-electron chi connectivity index (χ2n) is 5.07. The van der Waals surface area contributed by atoms with Gasteiger partial charge in [0.2, 0.25) is 0 Å². The number of aryl methyl sites for hydroxylation is 1. The highest BCUT2D eigenvalue weighted by Crippen LogP contribution is 2.31. The minimum absolute atomic E-state index is 0.369. The Morgan fingerprint density at radius 2 is 2.05 bits per heavy atom. The highest BCUT2D eigenvalue weighted by molar-refractivity contribution is 6.35. The normalized spacial score (nSPS) is 14.8. The molecule has 19 heavy (non-hydrogen) atoms. The lowest BCUT2D eigenvalue weighted by molar-refractivity contribution is 0.369. The molecule has 2 unspecified atom stereocenters. The summed E-state index contributed by atoms with van der Waals surface area (Å²) >= 11 is 12.3. The van der Waals surface area contributed by atoms with Crippen LogP contribution >= 0.6 is 23.2 Å². The Hall–Kier alpha value is -0.730. The van der Waals surface area contributed by atoms with Gasteiger partial charge in [0.25, 0.3) is 0 Å². The molecule has 0 N–H and O–H groups in total. The van der Waals surface area contributed by atoms with Gasteiger partial charge in [-0.05, 0) is 25.0 Å². The van der Waals surface area contributed by atoms with Gasteiger partial charge < -0.3 is 4.57 Å². The van der Waals surface area contributed by atoms with E-state index >= 15 is 0 Å². The van der Waals surface area contributed by atoms with Crippen molar-refractivity contribution in [1.29, 1.82) is 0 Å². The van der Waals surface area contributed by atoms with Gasteiger partial charge in [0, 0.05) is 18.3 Å². The second kappa shape index (κ2) is 6.15. The van der Waals surface area contributed by atoms with E-state index in [-0.39, 0.29) is 0 Å². The molecule has 0 radical (unpaired) electrons. The van der Waals surface area contributed by atoms with Crippen LogP contribution in [0.1, 0.15) is 39.1 Å². The van der Waals surface area contributed by atoms with Crippen LogP contribution in [-0.4, -0.2) is 15.4 Å². The van der Waals surface area contributed by atoms with Gasteiger partial charge >= 0.3 is 0 Å². The van der Waals surface area contributed by atoms with Crippen LogP contribution in [0, 0.1) is 5.92 Å². The summed E-state index contributed by atoms with van der Waals surface area (Å²) in [5, 5.41) is 0.765. The fourth-order valence-corrected chi connectivity index (χ4v) is 2.88. The molecule has 0 amide bonds. The zero-order valence-electron chi connectivity index (χ0n) is 11.7. The molecule has 2 atom stereocenters. The van der Waals surface area contributed by atoms with Crippen molar-refractivity contribution in [2.24, 2.45) is 5.92 Å². The largest absolute Gasteiger partial charge is 0.324 e. The first-order valence-corrected chi connectivity index (χ1v) is 7.72. The SMILES string of the molecule is CCC(C)C(C)n1c(CCCl)nc2cccc(Cl)c21. The highest BCUT2D eigenvalue weighted by Gasteiger charge is 2.20. The second-order valence-corrected chi connectivity index (χ2v) is 5.86. The molecule has 1 aromatic carbocycles. The van der Waals surface area contributed by atoms with Crippen LogP contribution in [0.4, 0.5) is 0 Å². The fraction of sp³-hybridized carbons (Fsp3) is 0.533. The van der Waals surface area contributed by atoms with E-state index in [4.69, 9.17) is 28.2 Å². The van der Waals surface area contributed by atoms with Crippen LogP contribution in [-0.2, 0) is 6.42 Å². The molecule has 0 spiro atoms. The maximum atomic E-state index is 6.37. The van der Waals surface area contributed by atoms with Crippen LogP contribution in [0.5, 0.6) is 0 Å². The number of aromatic nitrogens is 2. The van der Waals surface area contributed by atoms with E-state index in [1.54, 1.807) is 0 Å². The van der Waals surface area contributed by atoms with Gasteiger partial charge in [0.05, 0.1) is 16.1 Å². The number of imidazole rings is 1. The zero-order valence-corrected chi connectivity index (χ0v) is 13.2. The number of para-hydroxylation sites is 1. The first-order valence-electron chi connectivity index (χ1n) is 6.81. The number of hydrogen-bond donors (Lipinski definition) is 0. The smallest absolute Gasteiger partial charge is 0.111 e. The van der Waals surface area contributed by atoms with Crippen LogP contribution in [0.2, 0.25) is 5.02 Å². The van der Waals surface area contributed by atoms with E-state index in [2.05, 4.69) is 25.3 Å². The monoisotopic (exact) mass is 298 g/mol. The number of nitrogens with zero attached hydrogens (tertiary/aromatic N) is 2. The van der Waals surface area contributed by atoms with Gasteiger partial charge in [0.15, 0.2) is 0 Å². The van der Waals surface area contributed by atoms with Crippen molar-refractivity contribution in [3.63, 3.8) is 0 Å². The maximum Gasteiger partial charge on any atom is 0.111 e. The minimum atomic E-state index is 0.369. The molecule has 1 aromatic heterocycles. The van der Waals surface area contributed by atoms with Gasteiger partial charge in [-0.2, -0.15) is 0 Å². The lowest BCUT2D eigenvalue weighted by Gasteiger charge is -2.23. The van der Waals surface area contributed by atoms with E-state index in [1.165, 1.54) is 0 Å². The molecule has 0 fully saturated rings. The summed E-state index contributed by atoms with van der Waals surface area (Å²) in [4.78, 5) is 4.70. The fourth-order valence-electron chi connectivity index (χ4n) is 2.45. The maximum absolute atomic E-state index is 6.37. The van der Waals surface area contributed by atoms with E-state index in [0.717, 1.165) is 34.7 Å². The summed E-state index contributed by atoms with van der Waals surface area (Å²) in [5.41, 5.74) is 2.00. The minimum Gasteiger partial charge on any atom is -0.324 e. The Kier molecular flexibility index (Phi) is 4.75. The molecular weight excluding hydrogens is 279 g/mol. The van der Waals surface area contributed by atoms with Crippen LogP contribution in [0.15, 0.2) is 18.2 Å². The summed E-state index contributed by atoms with van der Waals surface area (Å²) in [6, 6.07) is 6.25. The average Bonchev–Trinajstić information content (AvgIpc) is 2.77. The van der Waals surface area contributed by atoms with Crippen molar-refractivity contribution >= 4 is 34.2 Å². The standard InChI is InChI=1S/C15H20Cl2N2/c1-4-10(2)11(3)19-14(8-9-16)18-13-7-5-6-12(17)15(13)19/h5-7,10-11H,4,8-9H2,1-3H3. The highest BCUT2D eigenvalue weighted by atomic mass is 35.5. The van der Waals surface area contributed by atoms with Crippen LogP contribution < -0.4 is 0 Å². The van der Waals surface area contributed by atoms with Crippen molar-refractivity contribution in [3.05, 3.63) is 29.0 Å². The Morgan fingerprint density at radius 1 is 1.32 bits per heavy atom. The van der Waals surface area contributed by atoms with Crippen molar-refractivity contribution in [2.45, 2.75) is 39.7 Å². The first-order chi connectivity index (χ1) is 9.10. The molecule has 0 aliphatic rings. The van der Waals surface area contributed by atoms with Crippen LogP contribution in [0.25, 0.3) is 11.0 Å². The summed E-state index contributed by atoms with van der Waals surface area (Å²) in [6.07, 6.45) is 1.90. The van der Waals surface area contributed by atoms with Gasteiger partial charge in [0.1, 0.15) is 5.82 Å². The Labute approximate surface area is 124 Å². The molecule has 2 rings (SSSR count). The lowest BCUT2D eigenvalue weighted by Crippen LogP contribution is -2.16. The third kappa shape index (κ3) is 2.75. The summed E-state index contributed by atoms with van der Waals surface area (Å²) in [6.45, 7) is 6.71. The Balaban J connectivity index is 2.63. The number of halogens is 2. The Bertz CT molecular complexity index is 563. The molecule has 0 bridgehead atoms. The van der Waals surface area contributed by atoms with Crippen molar-refractivity contribution in [2.75, 3.05) is 5.88 Å². The molecule has 104 valence electrons. The number of fused-ring (bicyclic) bond motifs is 1. The molecule has 2 aromatic rings. The van der Waals surface area contributed by atoms with Gasteiger partial charge in [-0.1, -0.05) is 37.9 Å². The van der Waals surface area contributed by atoms with Crippen LogP contribution in [0.3, 0.4) is 0 Å². The van der Waals surface area contributed by atoms with E-state index in [9.17, 15) is 0 Å². The summed E-state index contributed by atoms with van der Waals surface area (Å²) in [7, 11) is 0. The van der Waals surface area contributed by atoms with Gasteiger partial charge in [-0.15, -0.1) is 11.6 Å². The lowest BCUT2D eigenvalue weighted by atomic mass is 10.0. The van der Waals surface area contributed by atoms with Crippen molar-refractivity contribution in [3.8, 4) is 0 Å². The number of rotatable bonds is 5. The van der Waals surface area contributed by atoms with Crippen molar-refractivity contribution in [1.82, 2.24) is 9.55 Å². The average molecular weight is 299 g/mol. The molecule has 2 nitrogen and oxygen atoms in total. The van der Waals surface area contributed by atoms with Gasteiger partial charge in [-0.25, -0.2) is 4.98 Å². The third-order valence-electron chi connectivity index (χ3n) is 3.93. The number of alkyl halides is 1. The predicted molar refractivity (Wildman–Crippen MR) is 83.3 cm³/mol. The first kappa shape index (κ1) is 14.7. The molecule has 0 aliphatic carbocycles. The number of benzene rings is 1. The van der Waals surface area contributed by atoms with Crippen molar-refractivity contribution < 1.29 is 0 Å². The molecule has 1 heterocycles. The molecule has 0 saturated carbocycles. The predicted octanol–water partition coefficient (Wildman–Crippen LogP) is 5.08. The van der Waals surface area contributed by atoms with E-state index < -0.39 is 0 Å². The summed E-state index contributed by atoms with van der Waals surface area (Å²) < 4.78 is 2.27. The molecular formula is C15H20Cl2N2. The van der Waals surface area contributed by atoms with E-state index in [0.29, 0.717) is 17.8 Å². The van der Waals surface area contributed by atoms with Gasteiger partial charge in [-0.3, -0.25) is 0 Å². The summed E-state index contributed by atoms with van der Waals surface area (Å²) in [5.74, 6) is 2.18. The quantitative estimate of drug-likeness (QED) is 0.704. The molecule has 4 heteroatoms.